The van der Waals surface area contributed by atoms with Gasteiger partial charge in [0.25, 0.3) is 10.1 Å². The fraction of sp³-hybridized carbons (Fsp3) is 1.00. The molecule has 0 spiro atoms. The van der Waals surface area contributed by atoms with Gasteiger partial charge < -0.3 is 0 Å². The van der Waals surface area contributed by atoms with Crippen molar-refractivity contribution in [3.63, 3.8) is 0 Å². The minimum Gasteiger partial charge on any atom is -0.285 e. The van der Waals surface area contributed by atoms with Gasteiger partial charge in [0.05, 0.1) is 5.25 Å². The molecule has 1 aliphatic carbocycles. The normalized spacial score (nSPS) is 21.6. The lowest BCUT2D eigenvalue weighted by Gasteiger charge is -2.09. The first kappa shape index (κ1) is 9.48. The molecule has 0 aromatic carbocycles. The molecule has 0 aliphatic heterocycles. The van der Waals surface area contributed by atoms with Crippen molar-refractivity contribution in [2.24, 2.45) is 5.92 Å². The van der Waals surface area contributed by atoms with Crippen LogP contribution in [0.1, 0.15) is 19.3 Å². The summed E-state index contributed by atoms with van der Waals surface area (Å²) < 4.78 is 30.2. The van der Waals surface area contributed by atoms with E-state index < -0.39 is 15.4 Å². The first-order chi connectivity index (χ1) is 5.05. The Morgan fingerprint density at radius 3 is 2.36 bits per heavy atom. The molecule has 0 aromatic heterocycles. The number of rotatable bonds is 4. The minimum absolute atomic E-state index is 0.211. The van der Waals surface area contributed by atoms with Gasteiger partial charge in [0.1, 0.15) is 0 Å². The zero-order chi connectivity index (χ0) is 8.48. The Hall–Kier alpha value is 0.390. The van der Waals surface area contributed by atoms with Gasteiger partial charge in [0, 0.05) is 5.33 Å². The average Bonchev–Trinajstić information content (AvgIpc) is 2.61. The largest absolute Gasteiger partial charge is 0.285 e. The van der Waals surface area contributed by atoms with Gasteiger partial charge in [-0.3, -0.25) is 4.55 Å². The van der Waals surface area contributed by atoms with E-state index in [0.29, 0.717) is 11.8 Å². The predicted octanol–water partition coefficient (Wildman–Crippen LogP) is 1.44. The van der Waals surface area contributed by atoms with Crippen LogP contribution in [0.25, 0.3) is 0 Å². The van der Waals surface area contributed by atoms with Crippen molar-refractivity contribution in [2.75, 3.05) is 5.33 Å². The zero-order valence-electron chi connectivity index (χ0n) is 6.03. The smallest absolute Gasteiger partial charge is 0.268 e. The van der Waals surface area contributed by atoms with Gasteiger partial charge in [-0.05, 0) is 25.2 Å². The third-order valence-electron chi connectivity index (χ3n) is 1.92. The zero-order valence-corrected chi connectivity index (χ0v) is 8.44. The van der Waals surface area contributed by atoms with Gasteiger partial charge >= 0.3 is 0 Å². The first-order valence-electron chi connectivity index (χ1n) is 3.58. The maximum absolute atomic E-state index is 10.7. The second kappa shape index (κ2) is 3.41. The molecule has 1 saturated carbocycles. The topological polar surface area (TPSA) is 54.4 Å². The van der Waals surface area contributed by atoms with Crippen molar-refractivity contribution in [3.8, 4) is 0 Å². The van der Waals surface area contributed by atoms with Crippen LogP contribution in [-0.2, 0) is 10.1 Å². The molecule has 3 nitrogen and oxygen atoms in total. The highest BCUT2D eigenvalue weighted by atomic mass is 79.9. The number of hydrogen-bond donors (Lipinski definition) is 1. The third kappa shape index (κ3) is 2.72. The van der Waals surface area contributed by atoms with E-state index in [1.54, 1.807) is 0 Å². The Morgan fingerprint density at radius 1 is 1.55 bits per heavy atom. The Morgan fingerprint density at radius 2 is 2.09 bits per heavy atom. The fourth-order valence-electron chi connectivity index (χ4n) is 1.20. The highest BCUT2D eigenvalue weighted by Crippen LogP contribution is 2.37. The van der Waals surface area contributed by atoms with Crippen LogP contribution in [-0.4, -0.2) is 23.6 Å². The number of halogens is 1. The molecule has 1 rings (SSSR count). The molecule has 1 unspecified atom stereocenters. The lowest BCUT2D eigenvalue weighted by molar-refractivity contribution is 0.456. The van der Waals surface area contributed by atoms with Crippen molar-refractivity contribution in [3.05, 3.63) is 0 Å². The van der Waals surface area contributed by atoms with Crippen LogP contribution in [0, 0.1) is 5.92 Å². The second-order valence-corrected chi connectivity index (χ2v) is 5.30. The quantitative estimate of drug-likeness (QED) is 0.600. The molecule has 0 aromatic rings. The van der Waals surface area contributed by atoms with Crippen LogP contribution < -0.4 is 0 Å². The molecule has 0 bridgehead atoms. The molecule has 66 valence electrons. The third-order valence-corrected chi connectivity index (χ3v) is 3.77. The van der Waals surface area contributed by atoms with Crippen LogP contribution in [0.4, 0.5) is 0 Å². The van der Waals surface area contributed by atoms with Gasteiger partial charge in [0.2, 0.25) is 0 Å². The standard InChI is InChI=1S/C6H11BrO3S/c7-4-3-6(5-1-2-5)11(8,9)10/h5-6H,1-4H2,(H,8,9,10). The van der Waals surface area contributed by atoms with E-state index in [1.165, 1.54) is 0 Å². The highest BCUT2D eigenvalue weighted by Gasteiger charge is 2.38. The summed E-state index contributed by atoms with van der Waals surface area (Å²) in [7, 11) is -3.79. The molecule has 0 radical (unpaired) electrons. The Bertz CT molecular complexity index is 220. The van der Waals surface area contributed by atoms with E-state index in [0.717, 1.165) is 12.8 Å². The Balaban J connectivity index is 2.59. The Kier molecular flexibility index (Phi) is 2.94. The van der Waals surface area contributed by atoms with E-state index >= 15 is 0 Å². The second-order valence-electron chi connectivity index (χ2n) is 2.87. The molecule has 0 heterocycles. The summed E-state index contributed by atoms with van der Waals surface area (Å²) in [5.41, 5.74) is 0. The highest BCUT2D eigenvalue weighted by molar-refractivity contribution is 9.09. The molecule has 1 atom stereocenters. The Labute approximate surface area is 75.1 Å². The van der Waals surface area contributed by atoms with Crippen LogP contribution in [0.5, 0.6) is 0 Å². The van der Waals surface area contributed by atoms with Gasteiger partial charge in [-0.25, -0.2) is 0 Å². The molecular formula is C6H11BrO3S. The summed E-state index contributed by atoms with van der Waals surface area (Å²) in [6.45, 7) is 0. The van der Waals surface area contributed by atoms with Gasteiger partial charge in [-0.15, -0.1) is 0 Å². The SMILES string of the molecule is O=S(=O)(O)C(CCBr)C1CC1. The molecule has 1 aliphatic rings. The number of alkyl halides is 1. The van der Waals surface area contributed by atoms with Crippen molar-refractivity contribution >= 4 is 26.0 Å². The summed E-state index contributed by atoms with van der Waals surface area (Å²) in [6.07, 6.45) is 2.40. The van der Waals surface area contributed by atoms with Crippen molar-refractivity contribution in [1.82, 2.24) is 0 Å². The monoisotopic (exact) mass is 242 g/mol. The summed E-state index contributed by atoms with van der Waals surface area (Å²) >= 11 is 3.16. The molecular weight excluding hydrogens is 232 g/mol. The predicted molar refractivity (Wildman–Crippen MR) is 46.5 cm³/mol. The van der Waals surface area contributed by atoms with Crippen LogP contribution in [0.3, 0.4) is 0 Å². The van der Waals surface area contributed by atoms with Crippen LogP contribution in [0.15, 0.2) is 0 Å². The summed E-state index contributed by atoms with van der Waals surface area (Å²) in [5, 5.41) is 0.107. The van der Waals surface area contributed by atoms with Crippen LogP contribution >= 0.6 is 15.9 Å². The summed E-state index contributed by atoms with van der Waals surface area (Å²) in [4.78, 5) is 0. The van der Waals surface area contributed by atoms with E-state index in [2.05, 4.69) is 15.9 Å². The minimum atomic E-state index is -3.79. The molecule has 1 N–H and O–H groups in total. The van der Waals surface area contributed by atoms with Gasteiger partial charge in [-0.2, -0.15) is 8.42 Å². The van der Waals surface area contributed by atoms with E-state index in [1.807, 2.05) is 0 Å². The lowest BCUT2D eigenvalue weighted by atomic mass is 10.2. The molecule has 0 amide bonds. The average molecular weight is 243 g/mol. The number of hydrogen-bond acceptors (Lipinski definition) is 2. The lowest BCUT2D eigenvalue weighted by Crippen LogP contribution is -2.23. The fourth-order valence-corrected chi connectivity index (χ4v) is 3.17. The maximum atomic E-state index is 10.7. The molecule has 11 heavy (non-hydrogen) atoms. The van der Waals surface area contributed by atoms with Gasteiger partial charge in [-0.1, -0.05) is 15.9 Å². The maximum Gasteiger partial charge on any atom is 0.268 e. The molecule has 1 fully saturated rings. The van der Waals surface area contributed by atoms with Crippen molar-refractivity contribution < 1.29 is 13.0 Å². The van der Waals surface area contributed by atoms with Gasteiger partial charge in [0.15, 0.2) is 0 Å². The molecule has 5 heteroatoms. The molecule has 0 saturated heterocycles. The summed E-state index contributed by atoms with van der Waals surface area (Å²) in [5.74, 6) is 0.211. The van der Waals surface area contributed by atoms with Crippen molar-refractivity contribution in [1.29, 1.82) is 0 Å². The van der Waals surface area contributed by atoms with E-state index in [9.17, 15) is 8.42 Å². The van der Waals surface area contributed by atoms with Crippen molar-refractivity contribution in [2.45, 2.75) is 24.5 Å². The first-order valence-corrected chi connectivity index (χ1v) is 6.20. The summed E-state index contributed by atoms with van der Waals surface area (Å²) in [6, 6.07) is 0. The van der Waals surface area contributed by atoms with E-state index in [4.69, 9.17) is 4.55 Å². The van der Waals surface area contributed by atoms with Crippen LogP contribution in [0.2, 0.25) is 0 Å². The van der Waals surface area contributed by atoms with E-state index in [-0.39, 0.29) is 5.92 Å².